The zero-order valence-electron chi connectivity index (χ0n) is 11.5. The second kappa shape index (κ2) is 5.90. The van der Waals surface area contributed by atoms with Crippen LogP contribution in [0.25, 0.3) is 0 Å². The van der Waals surface area contributed by atoms with Crippen LogP contribution in [0.5, 0.6) is 5.75 Å². The highest BCUT2D eigenvalue weighted by atomic mass is 79.9. The molecule has 3 nitrogen and oxygen atoms in total. The van der Waals surface area contributed by atoms with E-state index in [1.807, 2.05) is 35.2 Å². The Balaban J connectivity index is 1.83. The van der Waals surface area contributed by atoms with Gasteiger partial charge in [0.25, 0.3) is 5.91 Å². The Morgan fingerprint density at radius 2 is 1.90 bits per heavy atom. The van der Waals surface area contributed by atoms with Crippen LogP contribution in [-0.2, 0) is 6.54 Å². The van der Waals surface area contributed by atoms with Crippen molar-refractivity contribution in [3.8, 4) is 5.75 Å². The van der Waals surface area contributed by atoms with Crippen LogP contribution in [0.4, 0.5) is 0 Å². The van der Waals surface area contributed by atoms with Crippen molar-refractivity contribution < 1.29 is 9.90 Å². The molecule has 0 unspecified atom stereocenters. The van der Waals surface area contributed by atoms with E-state index in [9.17, 15) is 9.90 Å². The number of phenolic OH excluding ortho intramolecular Hbond substituents is 1. The summed E-state index contributed by atoms with van der Waals surface area (Å²) < 4.78 is 0.597. The summed E-state index contributed by atoms with van der Waals surface area (Å²) in [5, 5.41) is 9.76. The lowest BCUT2D eigenvalue weighted by molar-refractivity contribution is 0.0729. The summed E-state index contributed by atoms with van der Waals surface area (Å²) in [5.41, 5.74) is 1.65. The molecule has 0 aromatic heterocycles. The van der Waals surface area contributed by atoms with Gasteiger partial charge >= 0.3 is 0 Å². The van der Waals surface area contributed by atoms with E-state index < -0.39 is 0 Å². The van der Waals surface area contributed by atoms with Crippen molar-refractivity contribution in [1.29, 1.82) is 0 Å². The number of carbonyl (C=O) groups excluding carboxylic acids is 1. The van der Waals surface area contributed by atoms with Crippen molar-refractivity contribution >= 4 is 21.8 Å². The van der Waals surface area contributed by atoms with E-state index in [1.165, 1.54) is 6.07 Å². The molecule has 3 rings (SSSR count). The van der Waals surface area contributed by atoms with Crippen molar-refractivity contribution in [2.24, 2.45) is 0 Å². The number of hydrogen-bond acceptors (Lipinski definition) is 2. The van der Waals surface area contributed by atoms with Gasteiger partial charge in [-0.15, -0.1) is 0 Å². The number of benzene rings is 2. The maximum atomic E-state index is 12.7. The zero-order valence-corrected chi connectivity index (χ0v) is 13.1. The van der Waals surface area contributed by atoms with Gasteiger partial charge in [0, 0.05) is 18.2 Å². The summed E-state index contributed by atoms with van der Waals surface area (Å²) in [6, 6.07) is 15.3. The molecule has 2 aromatic rings. The second-order valence-corrected chi connectivity index (χ2v) is 6.17. The summed E-state index contributed by atoms with van der Waals surface area (Å²) in [5.74, 6) is 0.0699. The van der Waals surface area contributed by atoms with Crippen LogP contribution >= 0.6 is 15.9 Å². The van der Waals surface area contributed by atoms with E-state index in [-0.39, 0.29) is 11.7 Å². The second-order valence-electron chi connectivity index (χ2n) is 5.32. The molecule has 21 heavy (non-hydrogen) atoms. The minimum Gasteiger partial charge on any atom is -0.507 e. The molecule has 0 bridgehead atoms. The summed E-state index contributed by atoms with van der Waals surface area (Å²) in [4.78, 5) is 14.6. The third-order valence-electron chi connectivity index (χ3n) is 3.64. The lowest BCUT2D eigenvalue weighted by Crippen LogP contribution is -2.32. The topological polar surface area (TPSA) is 40.5 Å². The van der Waals surface area contributed by atoms with Crippen molar-refractivity contribution in [2.75, 3.05) is 0 Å². The summed E-state index contributed by atoms with van der Waals surface area (Å²) in [6.45, 7) is 0.612. The van der Waals surface area contributed by atoms with Crippen LogP contribution in [0.15, 0.2) is 53.0 Å². The van der Waals surface area contributed by atoms with Crippen LogP contribution < -0.4 is 0 Å². The van der Waals surface area contributed by atoms with Crippen LogP contribution in [0.2, 0.25) is 0 Å². The van der Waals surface area contributed by atoms with Crippen molar-refractivity contribution in [3.63, 3.8) is 0 Å². The number of hydrogen-bond donors (Lipinski definition) is 1. The molecule has 1 amide bonds. The first-order valence-corrected chi connectivity index (χ1v) is 7.78. The Hall–Kier alpha value is -1.81. The Morgan fingerprint density at radius 1 is 1.19 bits per heavy atom. The molecule has 1 N–H and O–H groups in total. The van der Waals surface area contributed by atoms with E-state index >= 15 is 0 Å². The van der Waals surface area contributed by atoms with Gasteiger partial charge in [-0.3, -0.25) is 4.79 Å². The number of amides is 1. The molecule has 1 aliphatic rings. The Morgan fingerprint density at radius 3 is 2.52 bits per heavy atom. The molecule has 108 valence electrons. The average molecular weight is 346 g/mol. The van der Waals surface area contributed by atoms with Crippen LogP contribution in [0.1, 0.15) is 28.8 Å². The van der Waals surface area contributed by atoms with E-state index in [0.29, 0.717) is 22.6 Å². The monoisotopic (exact) mass is 345 g/mol. The Bertz CT molecular complexity index is 653. The molecule has 1 fully saturated rings. The number of halogens is 1. The molecular weight excluding hydrogens is 330 g/mol. The first-order chi connectivity index (χ1) is 10.1. The van der Waals surface area contributed by atoms with Crippen LogP contribution in [-0.4, -0.2) is 22.0 Å². The van der Waals surface area contributed by atoms with E-state index in [1.54, 1.807) is 12.1 Å². The molecule has 0 atom stereocenters. The highest BCUT2D eigenvalue weighted by Crippen LogP contribution is 2.31. The van der Waals surface area contributed by atoms with Gasteiger partial charge in [0.05, 0.1) is 4.47 Å². The third-order valence-corrected chi connectivity index (χ3v) is 4.31. The summed E-state index contributed by atoms with van der Waals surface area (Å²) in [6.07, 6.45) is 2.11. The van der Waals surface area contributed by atoms with E-state index in [0.717, 1.165) is 18.4 Å². The summed E-state index contributed by atoms with van der Waals surface area (Å²) >= 11 is 3.24. The predicted molar refractivity (Wildman–Crippen MR) is 85.1 cm³/mol. The van der Waals surface area contributed by atoms with Gasteiger partial charge in [-0.05, 0) is 52.5 Å². The normalized spacial score (nSPS) is 14.0. The number of phenols is 1. The minimum absolute atomic E-state index is 0.0239. The molecule has 0 radical (unpaired) electrons. The number of aromatic hydroxyl groups is 1. The molecule has 0 spiro atoms. The van der Waals surface area contributed by atoms with Gasteiger partial charge in [0.2, 0.25) is 0 Å². The first kappa shape index (κ1) is 14.1. The summed E-state index contributed by atoms with van der Waals surface area (Å²) in [7, 11) is 0. The van der Waals surface area contributed by atoms with Crippen molar-refractivity contribution in [2.45, 2.75) is 25.4 Å². The molecule has 2 aromatic carbocycles. The SMILES string of the molecule is O=C(c1ccc(Br)c(O)c1)N(Cc1ccccc1)C1CC1. The fourth-order valence-electron chi connectivity index (χ4n) is 2.34. The van der Waals surface area contributed by atoms with Gasteiger partial charge in [-0.2, -0.15) is 0 Å². The zero-order chi connectivity index (χ0) is 14.8. The van der Waals surface area contributed by atoms with Gasteiger partial charge in [-0.25, -0.2) is 0 Å². The molecule has 0 heterocycles. The number of carbonyl (C=O) groups is 1. The maximum absolute atomic E-state index is 12.7. The Labute approximate surface area is 132 Å². The smallest absolute Gasteiger partial charge is 0.254 e. The molecule has 1 saturated carbocycles. The maximum Gasteiger partial charge on any atom is 0.254 e. The fourth-order valence-corrected chi connectivity index (χ4v) is 2.59. The minimum atomic E-state index is -0.0239. The first-order valence-electron chi connectivity index (χ1n) is 6.98. The molecule has 4 heteroatoms. The van der Waals surface area contributed by atoms with Gasteiger partial charge in [-0.1, -0.05) is 30.3 Å². The van der Waals surface area contributed by atoms with Gasteiger partial charge in [0.1, 0.15) is 5.75 Å². The Kier molecular flexibility index (Phi) is 3.97. The van der Waals surface area contributed by atoms with E-state index in [2.05, 4.69) is 15.9 Å². The molecule has 0 saturated heterocycles. The lowest BCUT2D eigenvalue weighted by atomic mass is 10.1. The van der Waals surface area contributed by atoms with Crippen molar-refractivity contribution in [1.82, 2.24) is 4.90 Å². The van der Waals surface area contributed by atoms with E-state index in [4.69, 9.17) is 0 Å². The standard InChI is InChI=1S/C17H16BrNO2/c18-15-9-6-13(10-16(15)20)17(21)19(14-7-8-14)11-12-4-2-1-3-5-12/h1-6,9-10,14,20H,7-8,11H2. The number of rotatable bonds is 4. The molecule has 0 aliphatic heterocycles. The van der Waals surface area contributed by atoms with Crippen LogP contribution in [0.3, 0.4) is 0 Å². The highest BCUT2D eigenvalue weighted by molar-refractivity contribution is 9.10. The quantitative estimate of drug-likeness (QED) is 0.910. The lowest BCUT2D eigenvalue weighted by Gasteiger charge is -2.23. The highest BCUT2D eigenvalue weighted by Gasteiger charge is 2.33. The van der Waals surface area contributed by atoms with Gasteiger partial charge < -0.3 is 10.0 Å². The largest absolute Gasteiger partial charge is 0.507 e. The molecule has 1 aliphatic carbocycles. The fraction of sp³-hybridized carbons (Fsp3) is 0.235. The van der Waals surface area contributed by atoms with Crippen LogP contribution in [0, 0.1) is 0 Å². The average Bonchev–Trinajstić information content (AvgIpc) is 3.33. The number of nitrogens with zero attached hydrogens (tertiary/aromatic N) is 1. The molecular formula is C17H16BrNO2. The van der Waals surface area contributed by atoms with Crippen molar-refractivity contribution in [3.05, 3.63) is 64.1 Å². The predicted octanol–water partition coefficient (Wildman–Crippen LogP) is 3.96. The van der Waals surface area contributed by atoms with Gasteiger partial charge in [0.15, 0.2) is 0 Å². The third kappa shape index (κ3) is 3.27.